The number of nitrogens with one attached hydrogen (secondary N) is 2. The highest BCUT2D eigenvalue weighted by Crippen LogP contribution is 2.36. The number of benzene rings is 2. The molecule has 0 radical (unpaired) electrons. The predicted octanol–water partition coefficient (Wildman–Crippen LogP) is 4.27. The summed E-state index contributed by atoms with van der Waals surface area (Å²) in [5, 5.41) is 6.50. The summed E-state index contributed by atoms with van der Waals surface area (Å²) in [6.07, 6.45) is -3.55. The van der Waals surface area contributed by atoms with Gasteiger partial charge < -0.3 is 10.6 Å². The fourth-order valence-electron chi connectivity index (χ4n) is 3.63. The number of amides is 1. The third kappa shape index (κ3) is 3.40. The minimum absolute atomic E-state index is 0.250. The lowest BCUT2D eigenvalue weighted by molar-refractivity contribution is -0.137. The highest BCUT2D eigenvalue weighted by atomic mass is 35.5. The van der Waals surface area contributed by atoms with E-state index in [0.717, 1.165) is 12.1 Å². The number of fused-ring (bicyclic) bond motifs is 1. The molecule has 2 N–H and O–H groups in total. The van der Waals surface area contributed by atoms with Crippen molar-refractivity contribution >= 4 is 28.9 Å². The van der Waals surface area contributed by atoms with Gasteiger partial charge in [-0.05, 0) is 56.3 Å². The molecule has 0 atom stereocenters. The zero-order valence-corrected chi connectivity index (χ0v) is 15.5. The van der Waals surface area contributed by atoms with Gasteiger partial charge in [-0.25, -0.2) is 0 Å². The van der Waals surface area contributed by atoms with Crippen LogP contribution in [0.3, 0.4) is 0 Å². The van der Waals surface area contributed by atoms with Crippen LogP contribution in [0, 0.1) is 0 Å². The van der Waals surface area contributed by atoms with Gasteiger partial charge in [-0.3, -0.25) is 9.79 Å². The Kier molecular flexibility index (Phi) is 4.67. The molecule has 8 heteroatoms. The van der Waals surface area contributed by atoms with E-state index in [2.05, 4.69) is 10.6 Å². The largest absolute Gasteiger partial charge is 0.416 e. The molecule has 2 heterocycles. The van der Waals surface area contributed by atoms with Crippen molar-refractivity contribution < 1.29 is 18.0 Å². The molecule has 4 nitrogen and oxygen atoms in total. The number of anilines is 1. The molecule has 0 bridgehead atoms. The average molecular weight is 408 g/mol. The zero-order chi connectivity index (χ0) is 19.9. The van der Waals surface area contributed by atoms with Crippen molar-refractivity contribution in [3.8, 4) is 0 Å². The minimum Gasteiger partial charge on any atom is -0.323 e. The Morgan fingerprint density at radius 2 is 1.82 bits per heavy atom. The molecule has 2 aromatic carbocycles. The molecule has 0 unspecified atom stereocenters. The molecule has 1 saturated heterocycles. The van der Waals surface area contributed by atoms with Gasteiger partial charge in [-0.15, -0.1) is 0 Å². The molecule has 146 valence electrons. The highest BCUT2D eigenvalue weighted by Gasteiger charge is 2.42. The third-order valence-corrected chi connectivity index (χ3v) is 5.36. The molecule has 2 aliphatic heterocycles. The SMILES string of the molecule is O=C1Nc2ccc(Cl)cc2C(c2cccc(C(F)(F)F)c2)=NC12CCNCC2. The van der Waals surface area contributed by atoms with Crippen molar-refractivity contribution in [2.45, 2.75) is 24.6 Å². The highest BCUT2D eigenvalue weighted by molar-refractivity contribution is 6.32. The Morgan fingerprint density at radius 1 is 1.07 bits per heavy atom. The number of piperidine rings is 1. The lowest BCUT2D eigenvalue weighted by Crippen LogP contribution is -2.49. The van der Waals surface area contributed by atoms with Crippen molar-refractivity contribution in [2.75, 3.05) is 18.4 Å². The smallest absolute Gasteiger partial charge is 0.323 e. The van der Waals surface area contributed by atoms with Gasteiger partial charge in [0.2, 0.25) is 0 Å². The lowest BCUT2D eigenvalue weighted by Gasteiger charge is -2.32. The Balaban J connectivity index is 1.94. The molecule has 0 aromatic heterocycles. The first-order chi connectivity index (χ1) is 13.3. The number of nitrogens with zero attached hydrogens (tertiary/aromatic N) is 1. The van der Waals surface area contributed by atoms with Gasteiger partial charge in [0.15, 0.2) is 0 Å². The van der Waals surface area contributed by atoms with Crippen LogP contribution in [0.2, 0.25) is 5.02 Å². The van der Waals surface area contributed by atoms with Crippen LogP contribution in [0.15, 0.2) is 47.5 Å². The Morgan fingerprint density at radius 3 is 2.54 bits per heavy atom. The van der Waals surface area contributed by atoms with Gasteiger partial charge in [-0.2, -0.15) is 13.2 Å². The van der Waals surface area contributed by atoms with Crippen LogP contribution >= 0.6 is 11.6 Å². The van der Waals surface area contributed by atoms with E-state index in [9.17, 15) is 18.0 Å². The van der Waals surface area contributed by atoms with Crippen LogP contribution in [0.5, 0.6) is 0 Å². The molecule has 4 rings (SSSR count). The molecule has 0 saturated carbocycles. The van der Waals surface area contributed by atoms with E-state index >= 15 is 0 Å². The molecule has 2 aliphatic rings. The zero-order valence-electron chi connectivity index (χ0n) is 14.7. The van der Waals surface area contributed by atoms with Gasteiger partial charge in [0.05, 0.1) is 17.0 Å². The summed E-state index contributed by atoms with van der Waals surface area (Å²) < 4.78 is 39.7. The fourth-order valence-corrected chi connectivity index (χ4v) is 3.80. The number of rotatable bonds is 1. The Labute approximate surface area is 164 Å². The van der Waals surface area contributed by atoms with Crippen LogP contribution in [-0.2, 0) is 11.0 Å². The molecule has 1 fully saturated rings. The number of carbonyl (C=O) groups excluding carboxylic acids is 1. The maximum atomic E-state index is 13.2. The molecular formula is C20H17ClF3N3O. The van der Waals surface area contributed by atoms with E-state index in [4.69, 9.17) is 16.6 Å². The average Bonchev–Trinajstić information content (AvgIpc) is 2.78. The summed E-state index contributed by atoms with van der Waals surface area (Å²) in [5.74, 6) is -0.250. The lowest BCUT2D eigenvalue weighted by atomic mass is 9.87. The van der Waals surface area contributed by atoms with Crippen LogP contribution < -0.4 is 10.6 Å². The van der Waals surface area contributed by atoms with Gasteiger partial charge in [0.1, 0.15) is 5.54 Å². The minimum atomic E-state index is -4.47. The third-order valence-electron chi connectivity index (χ3n) is 5.13. The Bertz CT molecular complexity index is 965. The quantitative estimate of drug-likeness (QED) is 0.741. The van der Waals surface area contributed by atoms with Gasteiger partial charge >= 0.3 is 6.18 Å². The standard InChI is InChI=1S/C20H17ClF3N3O/c21-14-4-5-16-15(11-14)17(12-2-1-3-13(10-12)20(22,23)24)27-19(18(28)26-16)6-8-25-9-7-19/h1-5,10-11,25H,6-9H2,(H,26,28). The van der Waals surface area contributed by atoms with Gasteiger partial charge in [0.25, 0.3) is 5.91 Å². The number of halogens is 4. The van der Waals surface area contributed by atoms with Crippen molar-refractivity contribution in [3.05, 3.63) is 64.2 Å². The van der Waals surface area contributed by atoms with E-state index in [1.54, 1.807) is 24.3 Å². The summed E-state index contributed by atoms with van der Waals surface area (Å²) in [6.45, 7) is 1.20. The maximum Gasteiger partial charge on any atom is 0.416 e. The number of aliphatic imine (C=N–C) groups is 1. The Hall–Kier alpha value is -2.38. The van der Waals surface area contributed by atoms with Crippen LogP contribution in [0.1, 0.15) is 29.5 Å². The predicted molar refractivity (Wildman–Crippen MR) is 102 cm³/mol. The molecule has 28 heavy (non-hydrogen) atoms. The summed E-state index contributed by atoms with van der Waals surface area (Å²) in [6, 6.07) is 9.90. The summed E-state index contributed by atoms with van der Waals surface area (Å²) in [4.78, 5) is 17.7. The molecule has 0 aliphatic carbocycles. The van der Waals surface area contributed by atoms with Crippen LogP contribution in [0.25, 0.3) is 0 Å². The van der Waals surface area contributed by atoms with Crippen molar-refractivity contribution in [1.29, 1.82) is 0 Å². The number of alkyl halides is 3. The number of hydrogen-bond acceptors (Lipinski definition) is 3. The van der Waals surface area contributed by atoms with E-state index < -0.39 is 17.3 Å². The van der Waals surface area contributed by atoms with Crippen LogP contribution in [-0.4, -0.2) is 30.2 Å². The van der Waals surface area contributed by atoms with E-state index in [0.29, 0.717) is 53.5 Å². The second kappa shape index (κ2) is 6.90. The second-order valence-electron chi connectivity index (χ2n) is 6.96. The van der Waals surface area contributed by atoms with Crippen molar-refractivity contribution in [1.82, 2.24) is 5.32 Å². The molecule has 1 amide bonds. The summed E-state index contributed by atoms with van der Waals surface area (Å²) in [7, 11) is 0. The van der Waals surface area contributed by atoms with Gasteiger partial charge in [0, 0.05) is 16.1 Å². The molecular weight excluding hydrogens is 391 g/mol. The number of hydrogen-bond donors (Lipinski definition) is 2. The fraction of sp³-hybridized carbons (Fsp3) is 0.300. The first kappa shape index (κ1) is 19.0. The number of carbonyl (C=O) groups is 1. The monoisotopic (exact) mass is 407 g/mol. The van der Waals surface area contributed by atoms with E-state index in [1.165, 1.54) is 6.07 Å². The maximum absolute atomic E-state index is 13.2. The topological polar surface area (TPSA) is 53.5 Å². The van der Waals surface area contributed by atoms with E-state index in [1.807, 2.05) is 0 Å². The van der Waals surface area contributed by atoms with Crippen molar-refractivity contribution in [2.24, 2.45) is 4.99 Å². The van der Waals surface area contributed by atoms with Gasteiger partial charge in [-0.1, -0.05) is 23.7 Å². The normalized spacial score (nSPS) is 18.9. The molecule has 2 aromatic rings. The second-order valence-corrected chi connectivity index (χ2v) is 7.40. The summed E-state index contributed by atoms with van der Waals surface area (Å²) in [5.41, 5.74) is -0.160. The summed E-state index contributed by atoms with van der Waals surface area (Å²) >= 11 is 6.14. The molecule has 1 spiro atoms. The van der Waals surface area contributed by atoms with Crippen LogP contribution in [0.4, 0.5) is 18.9 Å². The van der Waals surface area contributed by atoms with Crippen molar-refractivity contribution in [3.63, 3.8) is 0 Å². The first-order valence-electron chi connectivity index (χ1n) is 8.88. The first-order valence-corrected chi connectivity index (χ1v) is 9.26. The van der Waals surface area contributed by atoms with E-state index in [-0.39, 0.29) is 5.91 Å².